The van der Waals surface area contributed by atoms with Crippen molar-refractivity contribution in [2.24, 2.45) is 0 Å². The van der Waals surface area contributed by atoms with Crippen LogP contribution in [0.2, 0.25) is 0 Å². The number of carbonyl (C=O) groups excluding carboxylic acids is 2. The average Bonchev–Trinajstić information content (AvgIpc) is 3.13. The van der Waals surface area contributed by atoms with Crippen LogP contribution in [0.3, 0.4) is 0 Å². The zero-order valence-corrected chi connectivity index (χ0v) is 19.4. The molecule has 0 bridgehead atoms. The maximum absolute atomic E-state index is 13.3. The molecule has 0 aliphatic carbocycles. The maximum Gasteiger partial charge on any atom is 0.416 e. The normalized spacial score (nSPS) is 17.4. The molecule has 1 heterocycles. The van der Waals surface area contributed by atoms with Crippen molar-refractivity contribution in [3.05, 3.63) is 101 Å². The Balaban J connectivity index is 1.86. The maximum atomic E-state index is 13.3. The van der Waals surface area contributed by atoms with Gasteiger partial charge in [-0.3, -0.25) is 9.59 Å². The molecule has 1 saturated heterocycles. The van der Waals surface area contributed by atoms with Gasteiger partial charge >= 0.3 is 6.18 Å². The van der Waals surface area contributed by atoms with Crippen LogP contribution in [0.15, 0.2) is 78.4 Å². The molecule has 1 amide bonds. The van der Waals surface area contributed by atoms with Crippen molar-refractivity contribution in [1.82, 2.24) is 4.90 Å². The van der Waals surface area contributed by atoms with Gasteiger partial charge in [-0.15, -0.1) is 0 Å². The van der Waals surface area contributed by atoms with Gasteiger partial charge in [-0.05, 0) is 47.5 Å². The summed E-state index contributed by atoms with van der Waals surface area (Å²) in [5.41, 5.74) is -0.176. The van der Waals surface area contributed by atoms with Gasteiger partial charge in [0.2, 0.25) is 0 Å². The predicted molar refractivity (Wildman–Crippen MR) is 125 cm³/mol. The molecule has 0 spiro atoms. The van der Waals surface area contributed by atoms with E-state index in [1.165, 1.54) is 32.4 Å². The van der Waals surface area contributed by atoms with Crippen molar-refractivity contribution < 1.29 is 37.3 Å². The van der Waals surface area contributed by atoms with Gasteiger partial charge in [0.25, 0.3) is 11.7 Å². The highest BCUT2D eigenvalue weighted by molar-refractivity contribution is 6.46. The summed E-state index contributed by atoms with van der Waals surface area (Å²) in [6, 6.07) is 16.4. The van der Waals surface area contributed by atoms with Gasteiger partial charge in [0, 0.05) is 12.1 Å². The first kappa shape index (κ1) is 24.8. The van der Waals surface area contributed by atoms with Crippen LogP contribution in [0.4, 0.5) is 13.2 Å². The van der Waals surface area contributed by atoms with Crippen molar-refractivity contribution in [2.75, 3.05) is 14.2 Å². The molecular weight excluding hydrogens is 475 g/mol. The quantitative estimate of drug-likeness (QED) is 0.283. The number of benzene rings is 3. The molecule has 0 aromatic heterocycles. The summed E-state index contributed by atoms with van der Waals surface area (Å²) in [4.78, 5) is 27.5. The highest BCUT2D eigenvalue weighted by Gasteiger charge is 2.46. The molecule has 1 fully saturated rings. The van der Waals surface area contributed by atoms with E-state index >= 15 is 0 Å². The monoisotopic (exact) mass is 497 g/mol. The fourth-order valence-electron chi connectivity index (χ4n) is 4.17. The third-order valence-electron chi connectivity index (χ3n) is 5.90. The molecule has 1 N–H and O–H groups in total. The van der Waals surface area contributed by atoms with E-state index < -0.39 is 35.2 Å². The zero-order valence-electron chi connectivity index (χ0n) is 19.4. The Morgan fingerprint density at radius 2 is 1.56 bits per heavy atom. The molecule has 9 heteroatoms. The van der Waals surface area contributed by atoms with E-state index in [4.69, 9.17) is 9.47 Å². The molecule has 0 radical (unpaired) electrons. The predicted octanol–water partition coefficient (Wildman–Crippen LogP) is 5.34. The number of nitrogens with zero attached hydrogens (tertiary/aromatic N) is 1. The van der Waals surface area contributed by atoms with Gasteiger partial charge in [-0.1, -0.05) is 36.4 Å². The number of aliphatic hydroxyl groups is 1. The van der Waals surface area contributed by atoms with Crippen molar-refractivity contribution in [1.29, 1.82) is 0 Å². The third-order valence-corrected chi connectivity index (χ3v) is 5.90. The number of hydrogen-bond donors (Lipinski definition) is 1. The lowest BCUT2D eigenvalue weighted by molar-refractivity contribution is -0.140. The number of ether oxygens (including phenoxy) is 2. The van der Waals surface area contributed by atoms with Gasteiger partial charge in [-0.25, -0.2) is 0 Å². The Morgan fingerprint density at radius 1 is 0.917 bits per heavy atom. The topological polar surface area (TPSA) is 76.1 Å². The number of carbonyl (C=O) groups is 2. The van der Waals surface area contributed by atoms with Crippen molar-refractivity contribution in [2.45, 2.75) is 18.8 Å². The van der Waals surface area contributed by atoms with Crippen molar-refractivity contribution in [3.8, 4) is 11.5 Å². The standard InChI is InChI=1S/C27H22F3NO5/c1-35-20-10-4-7-17(13-20)23-22(24(32)18-8-5-11-21(14-18)36-2)25(33)26(34)31(23)15-16-6-3-9-19(12-16)27(28,29)30/h3-14,23,32H,15H2,1-2H3/b24-22+. The number of likely N-dealkylation sites (tertiary alicyclic amines) is 1. The Kier molecular flexibility index (Phi) is 6.74. The van der Waals surface area contributed by atoms with E-state index in [0.29, 0.717) is 17.1 Å². The highest BCUT2D eigenvalue weighted by atomic mass is 19.4. The fraction of sp³-hybridized carbons (Fsp3) is 0.185. The second-order valence-corrected chi connectivity index (χ2v) is 8.13. The van der Waals surface area contributed by atoms with E-state index in [0.717, 1.165) is 17.0 Å². The summed E-state index contributed by atoms with van der Waals surface area (Å²) in [5, 5.41) is 11.2. The first-order chi connectivity index (χ1) is 17.1. The van der Waals surface area contributed by atoms with Gasteiger partial charge in [0.05, 0.1) is 31.4 Å². The zero-order chi connectivity index (χ0) is 26.0. The van der Waals surface area contributed by atoms with Crippen LogP contribution in [0, 0.1) is 0 Å². The minimum atomic E-state index is -4.57. The van der Waals surface area contributed by atoms with E-state index in [1.807, 2.05) is 0 Å². The van der Waals surface area contributed by atoms with Gasteiger partial charge in [-0.2, -0.15) is 13.2 Å². The van der Waals surface area contributed by atoms with Crippen LogP contribution in [0.25, 0.3) is 5.76 Å². The highest BCUT2D eigenvalue weighted by Crippen LogP contribution is 2.41. The average molecular weight is 497 g/mol. The van der Waals surface area contributed by atoms with Crippen molar-refractivity contribution >= 4 is 17.4 Å². The third kappa shape index (κ3) is 4.77. The molecule has 36 heavy (non-hydrogen) atoms. The number of halogens is 3. The van der Waals surface area contributed by atoms with E-state index in [9.17, 15) is 27.9 Å². The lowest BCUT2D eigenvalue weighted by Gasteiger charge is -2.26. The first-order valence-corrected chi connectivity index (χ1v) is 10.9. The molecule has 6 nitrogen and oxygen atoms in total. The molecular formula is C27H22F3NO5. The molecule has 1 unspecified atom stereocenters. The molecule has 3 aromatic carbocycles. The lowest BCUT2D eigenvalue weighted by atomic mass is 9.95. The van der Waals surface area contributed by atoms with Crippen molar-refractivity contribution in [3.63, 3.8) is 0 Å². The summed E-state index contributed by atoms with van der Waals surface area (Å²) in [5.74, 6) is -1.44. The number of aliphatic hydroxyl groups excluding tert-OH is 1. The number of alkyl halides is 3. The lowest BCUT2D eigenvalue weighted by Crippen LogP contribution is -2.29. The Labute approximate surface area is 205 Å². The molecule has 1 aliphatic rings. The van der Waals surface area contributed by atoms with E-state index in [2.05, 4.69) is 0 Å². The van der Waals surface area contributed by atoms with Gasteiger partial charge in [0.15, 0.2) is 0 Å². The Hall–Kier alpha value is -4.27. The van der Waals surface area contributed by atoms with E-state index in [1.54, 1.807) is 42.5 Å². The SMILES string of the molecule is COc1cccc(/C(O)=C2\C(=O)C(=O)N(Cc3cccc(C(F)(F)F)c3)C2c2cccc(OC)c2)c1. The second-order valence-electron chi connectivity index (χ2n) is 8.13. The molecule has 186 valence electrons. The van der Waals surface area contributed by atoms with E-state index in [-0.39, 0.29) is 23.2 Å². The Bertz CT molecular complexity index is 1350. The van der Waals surface area contributed by atoms with Crippen LogP contribution in [0.5, 0.6) is 11.5 Å². The minimum absolute atomic E-state index is 0.181. The molecule has 4 rings (SSSR count). The minimum Gasteiger partial charge on any atom is -0.507 e. The molecule has 1 atom stereocenters. The molecule has 1 aliphatic heterocycles. The van der Waals surface area contributed by atoms with Gasteiger partial charge < -0.3 is 19.5 Å². The second kappa shape index (κ2) is 9.77. The number of rotatable bonds is 6. The number of hydrogen-bond acceptors (Lipinski definition) is 5. The summed E-state index contributed by atoms with van der Waals surface area (Å²) in [7, 11) is 2.90. The number of ketones is 1. The van der Waals surface area contributed by atoms with Crippen LogP contribution < -0.4 is 9.47 Å². The molecule has 0 saturated carbocycles. The van der Waals surface area contributed by atoms with Crippen LogP contribution in [-0.4, -0.2) is 35.9 Å². The number of amides is 1. The number of Topliss-reactive ketones (excluding diaryl/α,β-unsaturated/α-hetero) is 1. The first-order valence-electron chi connectivity index (χ1n) is 10.9. The van der Waals surface area contributed by atoms with Gasteiger partial charge in [0.1, 0.15) is 17.3 Å². The summed E-state index contributed by atoms with van der Waals surface area (Å²) in [6.45, 7) is -0.286. The fourth-order valence-corrected chi connectivity index (χ4v) is 4.17. The smallest absolute Gasteiger partial charge is 0.416 e. The summed E-state index contributed by atoms with van der Waals surface area (Å²) < 4.78 is 50.3. The summed E-state index contributed by atoms with van der Waals surface area (Å²) in [6.07, 6.45) is -4.57. The largest absolute Gasteiger partial charge is 0.507 e. The summed E-state index contributed by atoms with van der Waals surface area (Å²) >= 11 is 0. The van der Waals surface area contributed by atoms with Crippen LogP contribution in [-0.2, 0) is 22.3 Å². The van der Waals surface area contributed by atoms with Crippen LogP contribution >= 0.6 is 0 Å². The Morgan fingerprint density at radius 3 is 2.22 bits per heavy atom. The number of methoxy groups -OCH3 is 2. The molecule has 3 aromatic rings. The van der Waals surface area contributed by atoms with Crippen LogP contribution in [0.1, 0.15) is 28.3 Å².